The number of methoxy groups -OCH3 is 1. The van der Waals surface area contributed by atoms with Gasteiger partial charge in [-0.25, -0.2) is 0 Å². The van der Waals surface area contributed by atoms with Crippen LogP contribution >= 0.6 is 0 Å². The highest BCUT2D eigenvalue weighted by Gasteiger charge is 2.23. The molecule has 3 heteroatoms. The van der Waals surface area contributed by atoms with Crippen LogP contribution < -0.4 is 10.1 Å². The van der Waals surface area contributed by atoms with Crippen molar-refractivity contribution in [1.82, 2.24) is 10.2 Å². The molecule has 20 heavy (non-hydrogen) atoms. The van der Waals surface area contributed by atoms with Crippen LogP contribution in [0.2, 0.25) is 0 Å². The minimum Gasteiger partial charge on any atom is -0.496 e. The van der Waals surface area contributed by atoms with E-state index in [4.69, 9.17) is 4.74 Å². The Morgan fingerprint density at radius 3 is 2.65 bits per heavy atom. The molecule has 1 unspecified atom stereocenters. The lowest BCUT2D eigenvalue weighted by atomic mass is 10.0. The fourth-order valence-corrected chi connectivity index (χ4v) is 3.26. The van der Waals surface area contributed by atoms with Crippen LogP contribution in [-0.4, -0.2) is 38.2 Å². The van der Waals surface area contributed by atoms with Gasteiger partial charge in [-0.1, -0.05) is 38.0 Å². The van der Waals surface area contributed by atoms with Crippen molar-refractivity contribution in [2.75, 3.05) is 27.2 Å². The smallest absolute Gasteiger partial charge is 0.123 e. The van der Waals surface area contributed by atoms with Crippen LogP contribution in [0, 0.1) is 0 Å². The Morgan fingerprint density at radius 1 is 1.30 bits per heavy atom. The van der Waals surface area contributed by atoms with Crippen molar-refractivity contribution in [3.05, 3.63) is 29.8 Å². The molecule has 2 rings (SSSR count). The van der Waals surface area contributed by atoms with Crippen LogP contribution in [0.5, 0.6) is 5.75 Å². The SMILES string of the molecule is CCNC(CN(C)C1CCCC1)c1ccccc1OC. The Kier molecular flexibility index (Phi) is 5.86. The molecule has 1 N–H and O–H groups in total. The Balaban J connectivity index is 2.09. The van der Waals surface area contributed by atoms with E-state index in [0.29, 0.717) is 6.04 Å². The third-order valence-electron chi connectivity index (χ3n) is 4.38. The van der Waals surface area contributed by atoms with Gasteiger partial charge in [-0.15, -0.1) is 0 Å². The number of benzene rings is 1. The molecule has 1 saturated carbocycles. The van der Waals surface area contributed by atoms with Gasteiger partial charge >= 0.3 is 0 Å². The molecule has 0 bridgehead atoms. The van der Waals surface area contributed by atoms with E-state index in [-0.39, 0.29) is 0 Å². The van der Waals surface area contributed by atoms with Gasteiger partial charge in [-0.3, -0.25) is 0 Å². The fraction of sp³-hybridized carbons (Fsp3) is 0.647. The van der Waals surface area contributed by atoms with E-state index >= 15 is 0 Å². The first kappa shape index (κ1) is 15.3. The van der Waals surface area contributed by atoms with Gasteiger partial charge in [0.2, 0.25) is 0 Å². The molecule has 3 nitrogen and oxygen atoms in total. The minimum absolute atomic E-state index is 0.335. The molecule has 0 amide bonds. The Labute approximate surface area is 123 Å². The molecule has 1 atom stereocenters. The van der Waals surface area contributed by atoms with Crippen LogP contribution in [0.3, 0.4) is 0 Å². The zero-order valence-corrected chi connectivity index (χ0v) is 13.1. The Morgan fingerprint density at radius 2 is 2.00 bits per heavy atom. The van der Waals surface area contributed by atoms with Gasteiger partial charge in [0.15, 0.2) is 0 Å². The first-order valence-corrected chi connectivity index (χ1v) is 7.82. The van der Waals surface area contributed by atoms with E-state index in [0.717, 1.165) is 24.9 Å². The molecular weight excluding hydrogens is 248 g/mol. The van der Waals surface area contributed by atoms with Gasteiger partial charge in [-0.05, 0) is 32.5 Å². The molecule has 1 aromatic carbocycles. The van der Waals surface area contributed by atoms with E-state index in [9.17, 15) is 0 Å². The van der Waals surface area contributed by atoms with E-state index < -0.39 is 0 Å². The van der Waals surface area contributed by atoms with Crippen LogP contribution in [0.15, 0.2) is 24.3 Å². The fourth-order valence-electron chi connectivity index (χ4n) is 3.26. The van der Waals surface area contributed by atoms with Gasteiger partial charge in [-0.2, -0.15) is 0 Å². The summed E-state index contributed by atoms with van der Waals surface area (Å²) in [5, 5.41) is 3.61. The summed E-state index contributed by atoms with van der Waals surface area (Å²) in [6, 6.07) is 9.45. The molecule has 0 aromatic heterocycles. The second-order valence-electron chi connectivity index (χ2n) is 5.73. The van der Waals surface area contributed by atoms with Crippen LogP contribution in [0.1, 0.15) is 44.2 Å². The van der Waals surface area contributed by atoms with E-state index in [1.165, 1.54) is 31.2 Å². The van der Waals surface area contributed by atoms with Crippen LogP contribution in [0.25, 0.3) is 0 Å². The Hall–Kier alpha value is -1.06. The van der Waals surface area contributed by atoms with Gasteiger partial charge in [0.1, 0.15) is 5.75 Å². The molecule has 0 radical (unpaired) electrons. The van der Waals surface area contributed by atoms with Crippen molar-refractivity contribution in [1.29, 1.82) is 0 Å². The monoisotopic (exact) mass is 276 g/mol. The summed E-state index contributed by atoms with van der Waals surface area (Å²) in [5.74, 6) is 0.985. The summed E-state index contributed by atoms with van der Waals surface area (Å²) in [6.45, 7) is 4.18. The molecule has 0 aliphatic heterocycles. The van der Waals surface area contributed by atoms with Crippen molar-refractivity contribution in [2.24, 2.45) is 0 Å². The average Bonchev–Trinajstić information content (AvgIpc) is 3.01. The number of ether oxygens (including phenoxy) is 1. The first-order chi connectivity index (χ1) is 9.76. The summed E-state index contributed by atoms with van der Waals surface area (Å²) in [7, 11) is 4.01. The van der Waals surface area contributed by atoms with E-state index in [1.807, 2.05) is 6.07 Å². The predicted molar refractivity (Wildman–Crippen MR) is 84.3 cm³/mol. The highest BCUT2D eigenvalue weighted by molar-refractivity contribution is 5.36. The van der Waals surface area contributed by atoms with Crippen LogP contribution in [-0.2, 0) is 0 Å². The zero-order chi connectivity index (χ0) is 14.4. The third kappa shape index (κ3) is 3.74. The quantitative estimate of drug-likeness (QED) is 0.827. The van der Waals surface area contributed by atoms with Crippen LogP contribution in [0.4, 0.5) is 0 Å². The van der Waals surface area contributed by atoms with Gasteiger partial charge in [0, 0.05) is 24.2 Å². The second kappa shape index (κ2) is 7.65. The second-order valence-corrected chi connectivity index (χ2v) is 5.73. The third-order valence-corrected chi connectivity index (χ3v) is 4.38. The topological polar surface area (TPSA) is 24.5 Å². The van der Waals surface area contributed by atoms with Crippen molar-refractivity contribution in [3.8, 4) is 5.75 Å². The Bertz CT molecular complexity index is 402. The molecule has 1 fully saturated rings. The normalized spacial score (nSPS) is 17.6. The van der Waals surface area contributed by atoms with Crippen molar-refractivity contribution in [2.45, 2.75) is 44.7 Å². The van der Waals surface area contributed by atoms with Crippen molar-refractivity contribution < 1.29 is 4.74 Å². The van der Waals surface area contributed by atoms with E-state index in [1.54, 1.807) is 7.11 Å². The highest BCUT2D eigenvalue weighted by Crippen LogP contribution is 2.28. The highest BCUT2D eigenvalue weighted by atomic mass is 16.5. The maximum Gasteiger partial charge on any atom is 0.123 e. The number of rotatable bonds is 7. The largest absolute Gasteiger partial charge is 0.496 e. The predicted octanol–water partition coefficient (Wildman–Crippen LogP) is 3.22. The summed E-state index contributed by atoms with van der Waals surface area (Å²) < 4.78 is 5.52. The van der Waals surface area contributed by atoms with Crippen molar-refractivity contribution in [3.63, 3.8) is 0 Å². The maximum absolute atomic E-state index is 5.52. The van der Waals surface area contributed by atoms with Gasteiger partial charge in [0.05, 0.1) is 7.11 Å². The average molecular weight is 276 g/mol. The summed E-state index contributed by atoms with van der Waals surface area (Å²) in [6.07, 6.45) is 5.47. The molecule has 1 aliphatic rings. The molecule has 0 saturated heterocycles. The molecule has 1 aromatic rings. The first-order valence-electron chi connectivity index (χ1n) is 7.82. The maximum atomic E-state index is 5.52. The number of nitrogens with one attached hydrogen (secondary N) is 1. The summed E-state index contributed by atoms with van der Waals surface area (Å²) >= 11 is 0. The number of likely N-dealkylation sites (N-methyl/N-ethyl adjacent to an activating group) is 2. The molecule has 1 aliphatic carbocycles. The number of para-hydroxylation sites is 1. The van der Waals surface area contributed by atoms with Crippen molar-refractivity contribution >= 4 is 0 Å². The minimum atomic E-state index is 0.335. The van der Waals surface area contributed by atoms with Gasteiger partial charge in [0.25, 0.3) is 0 Å². The number of hydrogen-bond acceptors (Lipinski definition) is 3. The molecule has 0 heterocycles. The molecule has 112 valence electrons. The lowest BCUT2D eigenvalue weighted by molar-refractivity contribution is 0.218. The lowest BCUT2D eigenvalue weighted by Crippen LogP contribution is -2.38. The lowest BCUT2D eigenvalue weighted by Gasteiger charge is -2.30. The zero-order valence-electron chi connectivity index (χ0n) is 13.1. The molecule has 0 spiro atoms. The number of hydrogen-bond donors (Lipinski definition) is 1. The molecular formula is C17H28N2O. The van der Waals surface area contributed by atoms with E-state index in [2.05, 4.69) is 42.4 Å². The van der Waals surface area contributed by atoms with Gasteiger partial charge < -0.3 is 15.0 Å². The summed E-state index contributed by atoms with van der Waals surface area (Å²) in [4.78, 5) is 2.52. The standard InChI is InChI=1S/C17H28N2O/c1-4-18-16(13-19(2)14-9-5-6-10-14)15-11-7-8-12-17(15)20-3/h7-8,11-12,14,16,18H,4-6,9-10,13H2,1-3H3. The summed E-state index contributed by atoms with van der Waals surface area (Å²) in [5.41, 5.74) is 1.27. The number of nitrogens with zero attached hydrogens (tertiary/aromatic N) is 1.